The second kappa shape index (κ2) is 4.51. The molecule has 0 spiro atoms. The molecule has 0 aromatic carbocycles. The van der Waals surface area contributed by atoms with Gasteiger partial charge in [-0.25, -0.2) is 0 Å². The number of hydrogen-bond acceptors (Lipinski definition) is 3. The van der Waals surface area contributed by atoms with Gasteiger partial charge in [0.2, 0.25) is 0 Å². The summed E-state index contributed by atoms with van der Waals surface area (Å²) in [6, 6.07) is 0. The Morgan fingerprint density at radius 1 is 1.62 bits per heavy atom. The number of nitrogens with zero attached hydrogens (tertiary/aromatic N) is 2. The lowest BCUT2D eigenvalue weighted by atomic mass is 10.2. The van der Waals surface area contributed by atoms with Crippen molar-refractivity contribution in [2.24, 2.45) is 5.92 Å². The molecule has 0 saturated carbocycles. The number of likely N-dealkylation sites (tertiary alicyclic amines) is 1. The number of aliphatic hydroxyl groups excluding tert-OH is 1. The van der Waals surface area contributed by atoms with Crippen LogP contribution in [0, 0.1) is 5.92 Å². The maximum atomic E-state index is 8.91. The molecule has 1 heterocycles. The Kier molecular flexibility index (Phi) is 3.60. The zero-order valence-electron chi connectivity index (χ0n) is 8.66. The zero-order chi connectivity index (χ0) is 9.84. The van der Waals surface area contributed by atoms with Crippen molar-refractivity contribution in [1.29, 1.82) is 0 Å². The number of aliphatic hydroxyl groups is 1. The molecular weight excluding hydrogens is 164 g/mol. The van der Waals surface area contributed by atoms with Gasteiger partial charge in [-0.1, -0.05) is 13.5 Å². The highest BCUT2D eigenvalue weighted by atomic mass is 16.3. The Labute approximate surface area is 80.6 Å². The Morgan fingerprint density at radius 3 is 2.62 bits per heavy atom. The van der Waals surface area contributed by atoms with E-state index in [4.69, 9.17) is 5.11 Å². The van der Waals surface area contributed by atoms with Gasteiger partial charge in [0.1, 0.15) is 0 Å². The molecule has 0 aromatic rings. The molecule has 3 heteroatoms. The monoisotopic (exact) mass is 184 g/mol. The SMILES string of the molecule is C=C(N(C)CC(C)CO)N1CCC1. The third-order valence-corrected chi connectivity index (χ3v) is 2.56. The summed E-state index contributed by atoms with van der Waals surface area (Å²) in [6.07, 6.45) is 1.28. The molecule has 1 atom stereocenters. The quantitative estimate of drug-likeness (QED) is 0.682. The largest absolute Gasteiger partial charge is 0.396 e. The van der Waals surface area contributed by atoms with Gasteiger partial charge in [0.25, 0.3) is 0 Å². The van der Waals surface area contributed by atoms with Gasteiger partial charge in [-0.05, 0) is 12.3 Å². The topological polar surface area (TPSA) is 26.7 Å². The van der Waals surface area contributed by atoms with Crippen molar-refractivity contribution in [3.05, 3.63) is 12.4 Å². The van der Waals surface area contributed by atoms with Gasteiger partial charge in [-0.15, -0.1) is 0 Å². The van der Waals surface area contributed by atoms with Crippen LogP contribution in [0.3, 0.4) is 0 Å². The molecule has 0 bridgehead atoms. The molecule has 3 nitrogen and oxygen atoms in total. The fourth-order valence-electron chi connectivity index (χ4n) is 1.45. The molecule has 1 fully saturated rings. The average molecular weight is 184 g/mol. The Bertz CT molecular complexity index is 178. The van der Waals surface area contributed by atoms with Crippen LogP contribution in [0.2, 0.25) is 0 Å². The third-order valence-electron chi connectivity index (χ3n) is 2.56. The first kappa shape index (κ1) is 10.4. The lowest BCUT2D eigenvalue weighted by Crippen LogP contribution is -2.42. The normalized spacial score (nSPS) is 17.9. The van der Waals surface area contributed by atoms with Crippen molar-refractivity contribution < 1.29 is 5.11 Å². The van der Waals surface area contributed by atoms with Gasteiger partial charge >= 0.3 is 0 Å². The molecule has 13 heavy (non-hydrogen) atoms. The second-order valence-corrected chi connectivity index (χ2v) is 3.93. The Hall–Kier alpha value is -0.700. The van der Waals surface area contributed by atoms with Crippen molar-refractivity contribution in [2.75, 3.05) is 33.3 Å². The highest BCUT2D eigenvalue weighted by Crippen LogP contribution is 2.16. The average Bonchev–Trinajstić information content (AvgIpc) is 2.00. The summed E-state index contributed by atoms with van der Waals surface area (Å²) in [5, 5.41) is 8.91. The van der Waals surface area contributed by atoms with E-state index in [0.29, 0.717) is 5.92 Å². The van der Waals surface area contributed by atoms with Crippen LogP contribution in [-0.2, 0) is 0 Å². The standard InChI is InChI=1S/C10H20N2O/c1-9(8-13)7-11(3)10(2)12-5-4-6-12/h9,13H,2,4-8H2,1,3H3. The minimum Gasteiger partial charge on any atom is -0.396 e. The van der Waals surface area contributed by atoms with E-state index < -0.39 is 0 Å². The Balaban J connectivity index is 2.28. The van der Waals surface area contributed by atoms with E-state index in [1.54, 1.807) is 0 Å². The lowest BCUT2D eigenvalue weighted by molar-refractivity contribution is 0.143. The highest BCUT2D eigenvalue weighted by Gasteiger charge is 2.18. The molecule has 1 rings (SSSR count). The molecule has 0 radical (unpaired) electrons. The third kappa shape index (κ3) is 2.62. The van der Waals surface area contributed by atoms with Crippen LogP contribution in [0.4, 0.5) is 0 Å². The highest BCUT2D eigenvalue weighted by molar-refractivity contribution is 4.96. The van der Waals surface area contributed by atoms with Crippen LogP contribution < -0.4 is 0 Å². The number of hydrogen-bond donors (Lipinski definition) is 1. The first-order chi connectivity index (χ1) is 6.15. The lowest BCUT2D eigenvalue weighted by Gasteiger charge is -2.39. The van der Waals surface area contributed by atoms with Crippen molar-refractivity contribution in [3.8, 4) is 0 Å². The summed E-state index contributed by atoms with van der Waals surface area (Å²) >= 11 is 0. The van der Waals surface area contributed by atoms with Gasteiger partial charge in [-0.2, -0.15) is 0 Å². The van der Waals surface area contributed by atoms with Crippen LogP contribution in [0.1, 0.15) is 13.3 Å². The van der Waals surface area contributed by atoms with Crippen LogP contribution in [0.5, 0.6) is 0 Å². The van der Waals surface area contributed by atoms with Crippen molar-refractivity contribution in [1.82, 2.24) is 9.80 Å². The van der Waals surface area contributed by atoms with E-state index in [0.717, 1.165) is 25.5 Å². The van der Waals surface area contributed by atoms with E-state index in [1.807, 2.05) is 14.0 Å². The fourth-order valence-corrected chi connectivity index (χ4v) is 1.45. The van der Waals surface area contributed by atoms with E-state index in [9.17, 15) is 0 Å². The molecule has 0 amide bonds. The first-order valence-corrected chi connectivity index (χ1v) is 4.91. The smallest absolute Gasteiger partial charge is 0.0962 e. The minimum absolute atomic E-state index is 0.248. The van der Waals surface area contributed by atoms with Crippen molar-refractivity contribution in [3.63, 3.8) is 0 Å². The molecule has 1 aliphatic rings. The maximum absolute atomic E-state index is 8.91. The molecule has 1 saturated heterocycles. The predicted molar refractivity (Wildman–Crippen MR) is 54.2 cm³/mol. The summed E-state index contributed by atoms with van der Waals surface area (Å²) in [6.45, 7) is 9.48. The van der Waals surface area contributed by atoms with Gasteiger partial charge in [0.15, 0.2) is 0 Å². The molecule has 1 aliphatic heterocycles. The molecule has 1 unspecified atom stereocenters. The van der Waals surface area contributed by atoms with Crippen LogP contribution in [0.15, 0.2) is 12.4 Å². The Morgan fingerprint density at radius 2 is 2.23 bits per heavy atom. The van der Waals surface area contributed by atoms with E-state index in [2.05, 4.69) is 16.4 Å². The summed E-state index contributed by atoms with van der Waals surface area (Å²) in [7, 11) is 2.03. The van der Waals surface area contributed by atoms with Gasteiger partial charge in [-0.3, -0.25) is 0 Å². The molecule has 76 valence electrons. The summed E-state index contributed by atoms with van der Waals surface area (Å²) in [5.74, 6) is 1.41. The van der Waals surface area contributed by atoms with E-state index in [-0.39, 0.29) is 6.61 Å². The van der Waals surface area contributed by atoms with Gasteiger partial charge in [0.05, 0.1) is 5.82 Å². The van der Waals surface area contributed by atoms with Gasteiger partial charge in [0, 0.05) is 33.3 Å². The number of rotatable bonds is 5. The molecule has 0 aromatic heterocycles. The van der Waals surface area contributed by atoms with Crippen LogP contribution >= 0.6 is 0 Å². The van der Waals surface area contributed by atoms with Gasteiger partial charge < -0.3 is 14.9 Å². The minimum atomic E-state index is 0.248. The van der Waals surface area contributed by atoms with Crippen molar-refractivity contribution >= 4 is 0 Å². The van der Waals surface area contributed by atoms with Crippen LogP contribution in [0.25, 0.3) is 0 Å². The second-order valence-electron chi connectivity index (χ2n) is 3.93. The van der Waals surface area contributed by atoms with Crippen LogP contribution in [-0.4, -0.2) is 48.2 Å². The molecule has 0 aliphatic carbocycles. The van der Waals surface area contributed by atoms with E-state index in [1.165, 1.54) is 6.42 Å². The molecule has 1 N–H and O–H groups in total. The van der Waals surface area contributed by atoms with Crippen molar-refractivity contribution in [2.45, 2.75) is 13.3 Å². The molecular formula is C10H20N2O. The fraction of sp³-hybridized carbons (Fsp3) is 0.800. The summed E-state index contributed by atoms with van der Waals surface area (Å²) < 4.78 is 0. The summed E-state index contributed by atoms with van der Waals surface area (Å²) in [5.41, 5.74) is 0. The first-order valence-electron chi connectivity index (χ1n) is 4.91. The maximum Gasteiger partial charge on any atom is 0.0962 e. The predicted octanol–water partition coefficient (Wildman–Crippen LogP) is 0.723. The van der Waals surface area contributed by atoms with E-state index >= 15 is 0 Å². The summed E-state index contributed by atoms with van der Waals surface area (Å²) in [4.78, 5) is 4.39. The zero-order valence-corrected chi connectivity index (χ0v) is 8.66.